The largest absolute Gasteiger partial charge is 0.320 e. The molecular weight excluding hydrogens is 244 g/mol. The Hall–Kier alpha value is -0.860. The van der Waals surface area contributed by atoms with E-state index in [0.717, 1.165) is 26.1 Å². The van der Waals surface area contributed by atoms with Gasteiger partial charge >= 0.3 is 0 Å². The van der Waals surface area contributed by atoms with E-state index in [1.165, 1.54) is 18.4 Å². The highest BCUT2D eigenvalue weighted by Gasteiger charge is 2.30. The quantitative estimate of drug-likeness (QED) is 0.738. The fourth-order valence-electron chi connectivity index (χ4n) is 3.07. The number of hydrogen-bond acceptors (Lipinski definition) is 2. The summed E-state index contributed by atoms with van der Waals surface area (Å²) in [5.41, 5.74) is 7.87. The molecule has 0 saturated carbocycles. The van der Waals surface area contributed by atoms with Crippen LogP contribution in [0.4, 0.5) is 0 Å². The van der Waals surface area contributed by atoms with Gasteiger partial charge in [-0.2, -0.15) is 0 Å². The van der Waals surface area contributed by atoms with Crippen molar-refractivity contribution in [2.75, 3.05) is 19.6 Å². The lowest BCUT2D eigenvalue weighted by atomic mass is 9.82. The Bertz CT molecular complexity index is 355. The lowest BCUT2D eigenvalue weighted by Crippen LogP contribution is -2.49. The van der Waals surface area contributed by atoms with Crippen molar-refractivity contribution in [2.45, 2.75) is 52.5 Å². The summed E-state index contributed by atoms with van der Waals surface area (Å²) in [6, 6.07) is 10.6. The fraction of sp³-hybridized carbons (Fsp3) is 0.667. The Kier molecular flexibility index (Phi) is 7.25. The second-order valence-electron chi connectivity index (χ2n) is 6.40. The summed E-state index contributed by atoms with van der Waals surface area (Å²) < 4.78 is 0. The summed E-state index contributed by atoms with van der Waals surface area (Å²) in [6.45, 7) is 12.2. The number of nitrogens with two attached hydrogens (primary N) is 1. The lowest BCUT2D eigenvalue weighted by molar-refractivity contribution is 0.188. The van der Waals surface area contributed by atoms with Gasteiger partial charge in [0.05, 0.1) is 5.54 Å². The SMILES string of the molecule is CCCN(CCC)CC(N)(CC(C)C)c1ccccc1. The summed E-state index contributed by atoms with van der Waals surface area (Å²) in [5.74, 6) is 0.602. The third-order valence-electron chi connectivity index (χ3n) is 3.71. The van der Waals surface area contributed by atoms with Crippen molar-refractivity contribution in [2.24, 2.45) is 11.7 Å². The zero-order chi connectivity index (χ0) is 15.0. The summed E-state index contributed by atoms with van der Waals surface area (Å²) in [7, 11) is 0. The van der Waals surface area contributed by atoms with Gasteiger partial charge in [-0.05, 0) is 43.8 Å². The standard InChI is InChI=1S/C18H32N2/c1-5-12-20(13-6-2)15-18(19,14-16(3)4)17-10-8-7-9-11-17/h7-11,16H,5-6,12-15,19H2,1-4H3. The van der Waals surface area contributed by atoms with E-state index in [4.69, 9.17) is 5.73 Å². The van der Waals surface area contributed by atoms with E-state index in [1.807, 2.05) is 0 Å². The second-order valence-corrected chi connectivity index (χ2v) is 6.40. The van der Waals surface area contributed by atoms with Crippen molar-refractivity contribution in [1.29, 1.82) is 0 Å². The van der Waals surface area contributed by atoms with Crippen molar-refractivity contribution in [3.05, 3.63) is 35.9 Å². The van der Waals surface area contributed by atoms with Crippen LogP contribution in [0.1, 0.15) is 52.5 Å². The van der Waals surface area contributed by atoms with Gasteiger partial charge in [-0.15, -0.1) is 0 Å². The highest BCUT2D eigenvalue weighted by Crippen LogP contribution is 2.27. The van der Waals surface area contributed by atoms with Gasteiger partial charge in [0.25, 0.3) is 0 Å². The van der Waals surface area contributed by atoms with Crippen LogP contribution >= 0.6 is 0 Å². The molecule has 0 aliphatic rings. The second kappa shape index (κ2) is 8.43. The zero-order valence-electron chi connectivity index (χ0n) is 13.7. The molecule has 0 amide bonds. The molecule has 114 valence electrons. The van der Waals surface area contributed by atoms with Crippen molar-refractivity contribution >= 4 is 0 Å². The topological polar surface area (TPSA) is 29.3 Å². The van der Waals surface area contributed by atoms with E-state index < -0.39 is 0 Å². The third kappa shape index (κ3) is 5.26. The molecule has 1 atom stereocenters. The highest BCUT2D eigenvalue weighted by atomic mass is 15.1. The molecule has 0 saturated heterocycles. The summed E-state index contributed by atoms with van der Waals surface area (Å²) in [6.07, 6.45) is 3.40. The van der Waals surface area contributed by atoms with Gasteiger partial charge in [-0.25, -0.2) is 0 Å². The first-order valence-corrected chi connectivity index (χ1v) is 8.08. The average Bonchev–Trinajstić information content (AvgIpc) is 2.39. The van der Waals surface area contributed by atoms with Crippen molar-refractivity contribution in [3.63, 3.8) is 0 Å². The van der Waals surface area contributed by atoms with Gasteiger partial charge in [-0.3, -0.25) is 0 Å². The van der Waals surface area contributed by atoms with Gasteiger partial charge in [0.2, 0.25) is 0 Å². The summed E-state index contributed by atoms with van der Waals surface area (Å²) in [4.78, 5) is 2.52. The normalized spacial score (nSPS) is 14.8. The van der Waals surface area contributed by atoms with Gasteiger partial charge in [0, 0.05) is 6.54 Å². The fourth-order valence-corrected chi connectivity index (χ4v) is 3.07. The summed E-state index contributed by atoms with van der Waals surface area (Å²) in [5, 5.41) is 0. The predicted molar refractivity (Wildman–Crippen MR) is 88.8 cm³/mol. The molecule has 0 aliphatic heterocycles. The third-order valence-corrected chi connectivity index (χ3v) is 3.71. The lowest BCUT2D eigenvalue weighted by Gasteiger charge is -2.37. The molecule has 1 aromatic carbocycles. The van der Waals surface area contributed by atoms with E-state index >= 15 is 0 Å². The van der Waals surface area contributed by atoms with E-state index in [0.29, 0.717) is 5.92 Å². The minimum absolute atomic E-state index is 0.236. The smallest absolute Gasteiger partial charge is 0.0541 e. The molecule has 0 fully saturated rings. The molecule has 2 nitrogen and oxygen atoms in total. The number of hydrogen-bond donors (Lipinski definition) is 1. The molecule has 0 radical (unpaired) electrons. The molecule has 2 N–H and O–H groups in total. The van der Waals surface area contributed by atoms with Crippen LogP contribution in [0.15, 0.2) is 30.3 Å². The Morgan fingerprint density at radius 1 is 1.05 bits per heavy atom. The van der Waals surface area contributed by atoms with E-state index in [-0.39, 0.29) is 5.54 Å². The van der Waals surface area contributed by atoms with Crippen LogP contribution in [0, 0.1) is 5.92 Å². The van der Waals surface area contributed by atoms with Crippen LogP contribution in [0.25, 0.3) is 0 Å². The molecule has 0 bridgehead atoms. The van der Waals surface area contributed by atoms with Gasteiger partial charge < -0.3 is 10.6 Å². The maximum Gasteiger partial charge on any atom is 0.0541 e. The number of benzene rings is 1. The first kappa shape index (κ1) is 17.2. The van der Waals surface area contributed by atoms with Crippen molar-refractivity contribution in [3.8, 4) is 0 Å². The van der Waals surface area contributed by atoms with Crippen LogP contribution in [-0.4, -0.2) is 24.5 Å². The van der Waals surface area contributed by atoms with Gasteiger partial charge in [-0.1, -0.05) is 58.0 Å². The molecular formula is C18H32N2. The van der Waals surface area contributed by atoms with Crippen LogP contribution in [-0.2, 0) is 5.54 Å². The molecule has 0 spiro atoms. The minimum atomic E-state index is -0.236. The molecule has 0 heterocycles. The molecule has 20 heavy (non-hydrogen) atoms. The van der Waals surface area contributed by atoms with Crippen LogP contribution in [0.5, 0.6) is 0 Å². The van der Waals surface area contributed by atoms with Crippen LogP contribution < -0.4 is 5.73 Å². The molecule has 1 rings (SSSR count). The molecule has 0 aliphatic carbocycles. The first-order chi connectivity index (χ1) is 9.51. The highest BCUT2D eigenvalue weighted by molar-refractivity contribution is 5.24. The first-order valence-electron chi connectivity index (χ1n) is 8.08. The Balaban J connectivity index is 2.92. The molecule has 1 aromatic rings. The maximum absolute atomic E-state index is 6.84. The average molecular weight is 276 g/mol. The van der Waals surface area contributed by atoms with Gasteiger partial charge in [0.15, 0.2) is 0 Å². The molecule has 0 aromatic heterocycles. The van der Waals surface area contributed by atoms with E-state index in [9.17, 15) is 0 Å². The minimum Gasteiger partial charge on any atom is -0.320 e. The van der Waals surface area contributed by atoms with Gasteiger partial charge in [0.1, 0.15) is 0 Å². The Morgan fingerprint density at radius 2 is 1.60 bits per heavy atom. The van der Waals surface area contributed by atoms with Crippen molar-refractivity contribution in [1.82, 2.24) is 4.90 Å². The van der Waals surface area contributed by atoms with Crippen molar-refractivity contribution < 1.29 is 0 Å². The zero-order valence-corrected chi connectivity index (χ0v) is 13.7. The molecule has 2 heteroatoms. The molecule has 1 unspecified atom stereocenters. The van der Waals surface area contributed by atoms with Crippen LogP contribution in [0.3, 0.4) is 0 Å². The van der Waals surface area contributed by atoms with E-state index in [2.05, 4.69) is 62.9 Å². The number of nitrogens with zero attached hydrogens (tertiary/aromatic N) is 1. The predicted octanol–water partition coefficient (Wildman–Crippen LogP) is 4.01. The monoisotopic (exact) mass is 276 g/mol. The number of rotatable bonds is 9. The Labute approximate surface area is 125 Å². The Morgan fingerprint density at radius 3 is 2.05 bits per heavy atom. The maximum atomic E-state index is 6.84. The van der Waals surface area contributed by atoms with Crippen LogP contribution in [0.2, 0.25) is 0 Å². The summed E-state index contributed by atoms with van der Waals surface area (Å²) >= 11 is 0. The van der Waals surface area contributed by atoms with E-state index in [1.54, 1.807) is 0 Å².